The number of aliphatic imine (C=N–C) groups is 1. The fraction of sp³-hybridized carbons (Fsp3) is 0.407. The summed E-state index contributed by atoms with van der Waals surface area (Å²) in [5.41, 5.74) is 4.90. The molecule has 1 fully saturated rings. The minimum absolute atomic E-state index is 0.502. The van der Waals surface area contributed by atoms with E-state index in [4.69, 9.17) is 21.1 Å². The average molecular weight is 515 g/mol. The van der Waals surface area contributed by atoms with Gasteiger partial charge in [-0.25, -0.2) is 4.98 Å². The first-order valence-corrected chi connectivity index (χ1v) is 12.3. The van der Waals surface area contributed by atoms with Gasteiger partial charge in [0.1, 0.15) is 5.70 Å². The van der Waals surface area contributed by atoms with Crippen LogP contribution in [0.5, 0.6) is 5.88 Å². The highest BCUT2D eigenvalue weighted by Crippen LogP contribution is 2.27. The van der Waals surface area contributed by atoms with Crippen molar-refractivity contribution in [3.63, 3.8) is 0 Å². The van der Waals surface area contributed by atoms with Crippen molar-refractivity contribution in [1.82, 2.24) is 20.1 Å². The zero-order valence-electron chi connectivity index (χ0n) is 21.9. The molecule has 0 unspecified atom stereocenters. The van der Waals surface area contributed by atoms with E-state index in [1.165, 1.54) is 0 Å². The zero-order valence-corrected chi connectivity index (χ0v) is 22.6. The normalized spacial score (nSPS) is 16.0. The van der Waals surface area contributed by atoms with E-state index in [1.54, 1.807) is 19.4 Å². The van der Waals surface area contributed by atoms with Crippen molar-refractivity contribution in [2.75, 3.05) is 58.5 Å². The number of methoxy groups -OCH3 is 1. The predicted octanol–water partition coefficient (Wildman–Crippen LogP) is 4.73. The van der Waals surface area contributed by atoms with Crippen LogP contribution in [0.1, 0.15) is 20.8 Å². The molecule has 196 valence electrons. The Morgan fingerprint density at radius 2 is 2.03 bits per heavy atom. The summed E-state index contributed by atoms with van der Waals surface area (Å²) in [6.07, 6.45) is 9.55. The van der Waals surface area contributed by atoms with Crippen LogP contribution in [0.15, 0.2) is 82.0 Å². The lowest BCUT2D eigenvalue weighted by molar-refractivity contribution is 0.0424. The highest BCUT2D eigenvalue weighted by Gasteiger charge is 2.20. The first kappa shape index (κ1) is 29.2. The lowest BCUT2D eigenvalue weighted by atomic mass is 10.1. The Kier molecular flexibility index (Phi) is 12.8. The Morgan fingerprint density at radius 1 is 1.31 bits per heavy atom. The summed E-state index contributed by atoms with van der Waals surface area (Å²) in [6.45, 7) is 18.5. The lowest BCUT2D eigenvalue weighted by Crippen LogP contribution is -2.38. The quantitative estimate of drug-likeness (QED) is 0.154. The van der Waals surface area contributed by atoms with Gasteiger partial charge in [0.15, 0.2) is 0 Å². The Morgan fingerprint density at radius 3 is 2.61 bits per heavy atom. The molecule has 0 spiro atoms. The first-order valence-electron chi connectivity index (χ1n) is 11.9. The summed E-state index contributed by atoms with van der Waals surface area (Å²) in [4.78, 5) is 13.0. The monoisotopic (exact) mass is 514 g/mol. The molecule has 2 aliphatic heterocycles. The Labute approximate surface area is 220 Å². The number of morpholine rings is 1. The molecule has 2 N–H and O–H groups in total. The van der Waals surface area contributed by atoms with Crippen LogP contribution in [0, 0.1) is 0 Å². The molecule has 0 radical (unpaired) electrons. The van der Waals surface area contributed by atoms with E-state index in [0.717, 1.165) is 66.1 Å². The van der Waals surface area contributed by atoms with Gasteiger partial charge in [-0.2, -0.15) is 0 Å². The van der Waals surface area contributed by atoms with E-state index in [0.29, 0.717) is 19.1 Å². The van der Waals surface area contributed by atoms with Crippen LogP contribution in [-0.2, 0) is 4.74 Å². The highest BCUT2D eigenvalue weighted by molar-refractivity contribution is 6.30. The van der Waals surface area contributed by atoms with Crippen molar-refractivity contribution in [1.29, 1.82) is 0 Å². The van der Waals surface area contributed by atoms with E-state index < -0.39 is 0 Å². The average Bonchev–Trinajstić information content (AvgIpc) is 2.86. The highest BCUT2D eigenvalue weighted by atomic mass is 35.5. The summed E-state index contributed by atoms with van der Waals surface area (Å²) >= 11 is 6.54. The second kappa shape index (κ2) is 15.8. The Hall–Kier alpha value is -3.07. The van der Waals surface area contributed by atoms with Gasteiger partial charge in [0.2, 0.25) is 5.88 Å². The maximum Gasteiger partial charge on any atom is 0.213 e. The molecule has 9 heteroatoms. The Bertz CT molecular complexity index is 974. The van der Waals surface area contributed by atoms with E-state index in [9.17, 15) is 0 Å². The summed E-state index contributed by atoms with van der Waals surface area (Å²) in [5, 5.41) is 7.31. The van der Waals surface area contributed by atoms with Crippen LogP contribution in [-0.4, -0.2) is 74.7 Å². The van der Waals surface area contributed by atoms with Gasteiger partial charge in [-0.15, -0.1) is 6.58 Å². The number of rotatable bonds is 10. The number of hydrogen-bond acceptors (Lipinski definition) is 8. The number of anilines is 1. The smallest absolute Gasteiger partial charge is 0.213 e. The molecule has 1 saturated heterocycles. The molecule has 0 amide bonds. The second-order valence-corrected chi connectivity index (χ2v) is 8.89. The number of nitrogens with one attached hydrogen (secondary N) is 2. The lowest BCUT2D eigenvalue weighted by Gasteiger charge is -2.32. The van der Waals surface area contributed by atoms with Crippen LogP contribution >= 0.6 is 11.6 Å². The summed E-state index contributed by atoms with van der Waals surface area (Å²) in [5.74, 6) is 0.579. The second-order valence-electron chi connectivity index (χ2n) is 8.40. The van der Waals surface area contributed by atoms with Crippen molar-refractivity contribution < 1.29 is 9.47 Å². The number of ether oxygens (including phenoxy) is 2. The molecule has 0 aliphatic carbocycles. The molecule has 2 aliphatic rings. The van der Waals surface area contributed by atoms with Crippen LogP contribution in [0.25, 0.3) is 0 Å². The molecule has 0 bridgehead atoms. The van der Waals surface area contributed by atoms with Crippen molar-refractivity contribution in [2.24, 2.45) is 4.99 Å². The predicted molar refractivity (Wildman–Crippen MR) is 150 cm³/mol. The molecule has 0 saturated carbocycles. The molecule has 0 aromatic carbocycles. The van der Waals surface area contributed by atoms with Gasteiger partial charge >= 0.3 is 0 Å². The van der Waals surface area contributed by atoms with Gasteiger partial charge in [-0.05, 0) is 45.2 Å². The van der Waals surface area contributed by atoms with Gasteiger partial charge < -0.3 is 25.0 Å². The zero-order chi connectivity index (χ0) is 26.3. The summed E-state index contributed by atoms with van der Waals surface area (Å²) < 4.78 is 10.5. The summed E-state index contributed by atoms with van der Waals surface area (Å²) in [7, 11) is 1.60. The van der Waals surface area contributed by atoms with Gasteiger partial charge in [-0.1, -0.05) is 23.3 Å². The van der Waals surface area contributed by atoms with Crippen LogP contribution in [0.4, 0.5) is 5.69 Å². The minimum Gasteiger partial charge on any atom is -0.481 e. The largest absolute Gasteiger partial charge is 0.481 e. The van der Waals surface area contributed by atoms with Crippen molar-refractivity contribution in [3.05, 3.63) is 77.0 Å². The van der Waals surface area contributed by atoms with E-state index >= 15 is 0 Å². The number of aromatic nitrogens is 1. The third-order valence-electron chi connectivity index (χ3n) is 5.25. The number of allylic oxidation sites excluding steroid dienone is 2. The van der Waals surface area contributed by atoms with E-state index in [1.807, 2.05) is 25.3 Å². The molecule has 1 aromatic rings. The third kappa shape index (κ3) is 9.53. The number of pyridine rings is 1. The molecular formula is C27H39ClN6O2. The van der Waals surface area contributed by atoms with Crippen molar-refractivity contribution in [2.45, 2.75) is 20.8 Å². The third-order valence-corrected chi connectivity index (χ3v) is 5.48. The fourth-order valence-corrected chi connectivity index (χ4v) is 3.99. The van der Waals surface area contributed by atoms with E-state index in [2.05, 4.69) is 69.8 Å². The molecule has 3 heterocycles. The maximum atomic E-state index is 6.54. The number of halogens is 1. The molecular weight excluding hydrogens is 476 g/mol. The Balaban J connectivity index is 0.00000145. The minimum atomic E-state index is 0.502. The SMILES string of the molecule is C=CC.C=N/C(=C\NCNc1ccc(OC)nc1)C(=C(C)C)N1C=C(CN2CCOCC2)C=C(Cl)C1. The molecule has 36 heavy (non-hydrogen) atoms. The first-order chi connectivity index (χ1) is 17.4. The fourth-order valence-electron chi connectivity index (χ4n) is 3.73. The van der Waals surface area contributed by atoms with Crippen molar-refractivity contribution in [3.8, 4) is 5.88 Å². The van der Waals surface area contributed by atoms with Gasteiger partial charge in [0.05, 0.1) is 51.1 Å². The molecule has 1 aromatic heterocycles. The van der Waals surface area contributed by atoms with Crippen LogP contribution in [0.2, 0.25) is 0 Å². The van der Waals surface area contributed by atoms with Crippen LogP contribution < -0.4 is 15.4 Å². The summed E-state index contributed by atoms with van der Waals surface area (Å²) in [6, 6.07) is 3.72. The maximum absolute atomic E-state index is 6.54. The number of hydrogen-bond donors (Lipinski definition) is 2. The van der Waals surface area contributed by atoms with Crippen LogP contribution in [0.3, 0.4) is 0 Å². The number of nitrogens with zero attached hydrogens (tertiary/aromatic N) is 4. The van der Waals surface area contributed by atoms with Gasteiger partial charge in [0, 0.05) is 43.1 Å². The standard InChI is InChI=1S/C24H33ClN6O2.C3H6/c1-18(2)24(22(26-3)13-27-17-29-21-5-6-23(32-4)28-12-21)31-15-19(11-20(25)16-31)14-30-7-9-33-10-8-30;1-3-2/h5-6,11-13,15,27,29H,3,7-10,14,16-17H2,1-2,4H3;3H,1H2,2H3/b22-13-;. The molecule has 3 rings (SSSR count). The van der Waals surface area contributed by atoms with Crippen molar-refractivity contribution >= 4 is 24.0 Å². The van der Waals surface area contributed by atoms with Gasteiger partial charge in [0.25, 0.3) is 0 Å². The van der Waals surface area contributed by atoms with Gasteiger partial charge in [-0.3, -0.25) is 9.89 Å². The molecule has 0 atom stereocenters. The van der Waals surface area contributed by atoms with E-state index in [-0.39, 0.29) is 0 Å². The molecule has 8 nitrogen and oxygen atoms in total. The topological polar surface area (TPSA) is 74.3 Å².